The molecule has 6 nitrogen and oxygen atoms in total. The van der Waals surface area contributed by atoms with Crippen LogP contribution < -0.4 is 0 Å². The third kappa shape index (κ3) is 3.72. The summed E-state index contributed by atoms with van der Waals surface area (Å²) in [6.07, 6.45) is 2.39. The van der Waals surface area contributed by atoms with Crippen LogP contribution in [0.5, 0.6) is 0 Å². The standard InChI is InChI=1S/C21H32O6/c1-6-11-12(7-2)14-10-13(11)16(17(14)20(24)27-21(3,4)5)19(23)26-15-8-9-25-18(15)22/h11-17H,6-10H2,1-5H3. The van der Waals surface area contributed by atoms with Crippen LogP contribution in [0.25, 0.3) is 0 Å². The third-order valence-electron chi connectivity index (χ3n) is 6.54. The lowest BCUT2D eigenvalue weighted by atomic mass is 9.66. The molecule has 2 saturated carbocycles. The number of hydrogen-bond donors (Lipinski definition) is 0. The number of ether oxygens (including phenoxy) is 3. The van der Waals surface area contributed by atoms with Crippen LogP contribution in [-0.2, 0) is 28.6 Å². The first kappa shape index (κ1) is 20.2. The van der Waals surface area contributed by atoms with E-state index in [2.05, 4.69) is 13.8 Å². The fourth-order valence-corrected chi connectivity index (χ4v) is 5.68. The minimum absolute atomic E-state index is 0.118. The Kier molecular flexibility index (Phi) is 5.55. The van der Waals surface area contributed by atoms with E-state index in [-0.39, 0.29) is 24.4 Å². The Bertz CT molecular complexity index is 606. The Balaban J connectivity index is 1.84. The van der Waals surface area contributed by atoms with E-state index in [0.717, 1.165) is 19.3 Å². The predicted octanol–water partition coefficient (Wildman–Crippen LogP) is 3.12. The summed E-state index contributed by atoms with van der Waals surface area (Å²) in [5.41, 5.74) is -0.603. The second kappa shape index (κ2) is 7.44. The molecule has 3 rings (SSSR count). The van der Waals surface area contributed by atoms with Crippen molar-refractivity contribution in [3.63, 3.8) is 0 Å². The highest BCUT2D eigenvalue weighted by Gasteiger charge is 2.62. The summed E-state index contributed by atoms with van der Waals surface area (Å²) in [5, 5.41) is 0. The van der Waals surface area contributed by atoms with Crippen LogP contribution in [0, 0.1) is 35.5 Å². The van der Waals surface area contributed by atoms with Gasteiger partial charge in [0.2, 0.25) is 6.10 Å². The lowest BCUT2D eigenvalue weighted by Gasteiger charge is -2.39. The largest absolute Gasteiger partial charge is 0.463 e. The molecule has 0 spiro atoms. The van der Waals surface area contributed by atoms with Gasteiger partial charge in [-0.3, -0.25) is 9.59 Å². The van der Waals surface area contributed by atoms with E-state index >= 15 is 0 Å². The van der Waals surface area contributed by atoms with Gasteiger partial charge in [0, 0.05) is 6.42 Å². The second-order valence-electron chi connectivity index (χ2n) is 9.17. The molecule has 1 aliphatic heterocycles. The summed E-state index contributed by atoms with van der Waals surface area (Å²) in [7, 11) is 0. The monoisotopic (exact) mass is 380 g/mol. The zero-order valence-corrected chi connectivity index (χ0v) is 17.0. The highest BCUT2D eigenvalue weighted by atomic mass is 16.6. The minimum atomic E-state index is -0.835. The Morgan fingerprint density at radius 1 is 1.04 bits per heavy atom. The zero-order valence-electron chi connectivity index (χ0n) is 17.0. The summed E-state index contributed by atoms with van der Waals surface area (Å²) < 4.78 is 16.1. The van der Waals surface area contributed by atoms with Crippen molar-refractivity contribution in [2.45, 2.75) is 72.0 Å². The molecule has 0 aromatic heterocycles. The van der Waals surface area contributed by atoms with Gasteiger partial charge in [-0.15, -0.1) is 0 Å². The Labute approximate surface area is 161 Å². The van der Waals surface area contributed by atoms with Crippen LogP contribution in [0.4, 0.5) is 0 Å². The molecule has 0 amide bonds. The van der Waals surface area contributed by atoms with Gasteiger partial charge < -0.3 is 14.2 Å². The summed E-state index contributed by atoms with van der Waals surface area (Å²) in [4.78, 5) is 37.8. The molecule has 7 unspecified atom stereocenters. The SMILES string of the molecule is CCC1C(CC)C2CC1C(C(=O)OC1CCOC1=O)C2C(=O)OC(C)(C)C. The molecular formula is C21H32O6. The van der Waals surface area contributed by atoms with Crippen LogP contribution >= 0.6 is 0 Å². The Morgan fingerprint density at radius 2 is 1.59 bits per heavy atom. The van der Waals surface area contributed by atoms with E-state index in [1.165, 1.54) is 0 Å². The average Bonchev–Trinajstić information content (AvgIpc) is 3.25. The molecule has 152 valence electrons. The molecule has 1 heterocycles. The van der Waals surface area contributed by atoms with Crippen molar-refractivity contribution < 1.29 is 28.6 Å². The number of hydrogen-bond acceptors (Lipinski definition) is 6. The van der Waals surface area contributed by atoms with E-state index in [0.29, 0.717) is 18.3 Å². The number of fused-ring (bicyclic) bond motifs is 2. The van der Waals surface area contributed by atoms with E-state index in [1.54, 1.807) is 0 Å². The lowest BCUT2D eigenvalue weighted by Crippen LogP contribution is -2.45. The third-order valence-corrected chi connectivity index (χ3v) is 6.54. The molecule has 2 bridgehead atoms. The number of esters is 3. The molecule has 2 aliphatic carbocycles. The maximum Gasteiger partial charge on any atom is 0.347 e. The van der Waals surface area contributed by atoms with Crippen molar-refractivity contribution in [1.29, 1.82) is 0 Å². The Hall–Kier alpha value is -1.59. The topological polar surface area (TPSA) is 78.9 Å². The van der Waals surface area contributed by atoms with Crippen LogP contribution in [0.1, 0.15) is 60.3 Å². The normalized spacial score (nSPS) is 38.0. The van der Waals surface area contributed by atoms with E-state index in [4.69, 9.17) is 14.2 Å². The summed E-state index contributed by atoms with van der Waals surface area (Å²) in [6, 6.07) is 0. The van der Waals surface area contributed by atoms with Crippen molar-refractivity contribution in [2.75, 3.05) is 6.61 Å². The molecule has 0 N–H and O–H groups in total. The van der Waals surface area contributed by atoms with Gasteiger partial charge >= 0.3 is 17.9 Å². The highest BCUT2D eigenvalue weighted by molar-refractivity contribution is 5.86. The van der Waals surface area contributed by atoms with Gasteiger partial charge in [-0.1, -0.05) is 26.7 Å². The molecule has 1 saturated heterocycles. The zero-order chi connectivity index (χ0) is 19.9. The first-order valence-electron chi connectivity index (χ1n) is 10.3. The number of carbonyl (C=O) groups is 3. The van der Waals surface area contributed by atoms with Crippen molar-refractivity contribution in [2.24, 2.45) is 35.5 Å². The summed E-state index contributed by atoms with van der Waals surface area (Å²) in [6.45, 7) is 10.1. The summed E-state index contributed by atoms with van der Waals surface area (Å²) >= 11 is 0. The maximum atomic E-state index is 13.0. The van der Waals surface area contributed by atoms with Crippen molar-refractivity contribution in [1.82, 2.24) is 0 Å². The fourth-order valence-electron chi connectivity index (χ4n) is 5.68. The number of cyclic esters (lactones) is 1. The molecule has 0 aromatic carbocycles. The van der Waals surface area contributed by atoms with Crippen molar-refractivity contribution in [3.8, 4) is 0 Å². The van der Waals surface area contributed by atoms with Gasteiger partial charge in [0.25, 0.3) is 0 Å². The molecule has 0 aromatic rings. The van der Waals surface area contributed by atoms with Gasteiger partial charge in [0.05, 0.1) is 18.4 Å². The van der Waals surface area contributed by atoms with E-state index in [1.807, 2.05) is 20.8 Å². The fraction of sp³-hybridized carbons (Fsp3) is 0.857. The number of carbonyl (C=O) groups excluding carboxylic acids is 3. The molecule has 3 fully saturated rings. The van der Waals surface area contributed by atoms with Crippen LogP contribution in [0.15, 0.2) is 0 Å². The quantitative estimate of drug-likeness (QED) is 0.539. The molecule has 27 heavy (non-hydrogen) atoms. The smallest absolute Gasteiger partial charge is 0.347 e. The van der Waals surface area contributed by atoms with Gasteiger partial charge in [0.15, 0.2) is 0 Å². The van der Waals surface area contributed by atoms with E-state index in [9.17, 15) is 14.4 Å². The van der Waals surface area contributed by atoms with Crippen LogP contribution in [-0.4, -0.2) is 36.2 Å². The maximum absolute atomic E-state index is 13.0. The molecule has 6 heteroatoms. The second-order valence-corrected chi connectivity index (χ2v) is 9.17. The summed E-state index contributed by atoms with van der Waals surface area (Å²) in [5.74, 6) is -1.13. The molecule has 7 atom stereocenters. The molecule has 0 radical (unpaired) electrons. The predicted molar refractivity (Wildman–Crippen MR) is 97.4 cm³/mol. The van der Waals surface area contributed by atoms with Crippen molar-refractivity contribution >= 4 is 17.9 Å². The molecule has 3 aliphatic rings. The lowest BCUT2D eigenvalue weighted by molar-refractivity contribution is -0.177. The average molecular weight is 380 g/mol. The van der Waals surface area contributed by atoms with Crippen LogP contribution in [0.3, 0.4) is 0 Å². The van der Waals surface area contributed by atoms with Crippen molar-refractivity contribution in [3.05, 3.63) is 0 Å². The van der Waals surface area contributed by atoms with E-state index < -0.39 is 35.5 Å². The highest BCUT2D eigenvalue weighted by Crippen LogP contribution is 2.61. The van der Waals surface area contributed by atoms with Gasteiger partial charge in [0.1, 0.15) is 5.60 Å². The van der Waals surface area contributed by atoms with Gasteiger partial charge in [-0.2, -0.15) is 0 Å². The molecular weight excluding hydrogens is 348 g/mol. The van der Waals surface area contributed by atoms with Gasteiger partial charge in [-0.05, 0) is 50.9 Å². The number of rotatable bonds is 5. The first-order valence-corrected chi connectivity index (χ1v) is 10.3. The Morgan fingerprint density at radius 3 is 2.04 bits per heavy atom. The van der Waals surface area contributed by atoms with Crippen LogP contribution in [0.2, 0.25) is 0 Å². The minimum Gasteiger partial charge on any atom is -0.463 e. The van der Waals surface area contributed by atoms with Gasteiger partial charge in [-0.25, -0.2) is 4.79 Å². The first-order chi connectivity index (χ1) is 12.7.